The van der Waals surface area contributed by atoms with Crippen LogP contribution in [0.3, 0.4) is 0 Å². The van der Waals surface area contributed by atoms with E-state index in [9.17, 15) is 4.79 Å². The molecular weight excluding hydrogens is 298 g/mol. The molecule has 1 aromatic heterocycles. The van der Waals surface area contributed by atoms with Crippen LogP contribution in [0.5, 0.6) is 0 Å². The molecule has 2 aromatic rings. The summed E-state index contributed by atoms with van der Waals surface area (Å²) in [6.45, 7) is 4.80. The van der Waals surface area contributed by atoms with Gasteiger partial charge in [-0.1, -0.05) is 36.4 Å². The maximum absolute atomic E-state index is 12.6. The molecule has 0 spiro atoms. The summed E-state index contributed by atoms with van der Waals surface area (Å²) in [6.07, 6.45) is 3.80. The molecule has 1 aliphatic rings. The van der Waals surface area contributed by atoms with E-state index in [1.807, 2.05) is 31.2 Å². The van der Waals surface area contributed by atoms with Crippen molar-refractivity contribution in [1.82, 2.24) is 15.2 Å². The fourth-order valence-corrected chi connectivity index (χ4v) is 3.29. The first-order valence-electron chi connectivity index (χ1n) is 8.70. The number of nitrogens with one attached hydrogen (secondary N) is 1. The Morgan fingerprint density at radius 1 is 1.25 bits per heavy atom. The van der Waals surface area contributed by atoms with Gasteiger partial charge in [-0.15, -0.1) is 0 Å². The minimum Gasteiger partial charge on any atom is -0.348 e. The summed E-state index contributed by atoms with van der Waals surface area (Å²) in [5, 5.41) is 3.12. The summed E-state index contributed by atoms with van der Waals surface area (Å²) in [7, 11) is 0. The van der Waals surface area contributed by atoms with Gasteiger partial charge in [-0.3, -0.25) is 14.7 Å². The van der Waals surface area contributed by atoms with Crippen molar-refractivity contribution in [2.75, 3.05) is 13.1 Å². The fraction of sp³-hybridized carbons (Fsp3) is 0.400. The van der Waals surface area contributed by atoms with E-state index in [0.29, 0.717) is 0 Å². The molecule has 1 saturated heterocycles. The summed E-state index contributed by atoms with van der Waals surface area (Å²) in [5.41, 5.74) is 2.21. The highest BCUT2D eigenvalue weighted by molar-refractivity contribution is 5.79. The van der Waals surface area contributed by atoms with Crippen LogP contribution in [0.2, 0.25) is 0 Å². The molecule has 1 fully saturated rings. The van der Waals surface area contributed by atoms with Crippen LogP contribution in [0.1, 0.15) is 37.1 Å². The van der Waals surface area contributed by atoms with Gasteiger partial charge in [0.05, 0.1) is 17.7 Å². The third-order valence-electron chi connectivity index (χ3n) is 4.62. The van der Waals surface area contributed by atoms with E-state index in [2.05, 4.69) is 39.5 Å². The zero-order valence-corrected chi connectivity index (χ0v) is 14.2. The minimum absolute atomic E-state index is 0.0526. The summed E-state index contributed by atoms with van der Waals surface area (Å²) in [6, 6.07) is 16.2. The molecule has 2 atom stereocenters. The molecule has 4 nitrogen and oxygen atoms in total. The standard InChI is InChI=1S/C20H25N3O/c1-16(19-11-5-6-12-21-19)22-20(24)18-10-7-13-23(15-18)14-17-8-3-2-4-9-17/h2-6,8-9,11-12,16,18H,7,10,13-15H2,1H3,(H,22,24). The van der Waals surface area contributed by atoms with E-state index in [-0.39, 0.29) is 17.9 Å². The number of aromatic nitrogens is 1. The van der Waals surface area contributed by atoms with Crippen LogP contribution >= 0.6 is 0 Å². The Balaban J connectivity index is 1.55. The normalized spacial score (nSPS) is 19.6. The lowest BCUT2D eigenvalue weighted by Gasteiger charge is -2.32. The van der Waals surface area contributed by atoms with Crippen LogP contribution in [0.25, 0.3) is 0 Å². The smallest absolute Gasteiger partial charge is 0.224 e. The Hall–Kier alpha value is -2.20. The van der Waals surface area contributed by atoms with E-state index in [1.165, 1.54) is 5.56 Å². The first-order valence-corrected chi connectivity index (χ1v) is 8.70. The average molecular weight is 323 g/mol. The van der Waals surface area contributed by atoms with Crippen molar-refractivity contribution < 1.29 is 4.79 Å². The molecule has 24 heavy (non-hydrogen) atoms. The Morgan fingerprint density at radius 2 is 2.04 bits per heavy atom. The van der Waals surface area contributed by atoms with Gasteiger partial charge in [-0.05, 0) is 44.0 Å². The van der Waals surface area contributed by atoms with Crippen LogP contribution in [0, 0.1) is 5.92 Å². The number of carbonyl (C=O) groups excluding carboxylic acids is 1. The zero-order chi connectivity index (χ0) is 16.8. The number of piperidine rings is 1. The third kappa shape index (κ3) is 4.42. The quantitative estimate of drug-likeness (QED) is 0.919. The van der Waals surface area contributed by atoms with Crippen molar-refractivity contribution in [2.45, 2.75) is 32.4 Å². The van der Waals surface area contributed by atoms with Crippen molar-refractivity contribution in [3.05, 3.63) is 66.0 Å². The number of likely N-dealkylation sites (tertiary alicyclic amines) is 1. The number of nitrogens with zero attached hydrogens (tertiary/aromatic N) is 2. The lowest BCUT2D eigenvalue weighted by molar-refractivity contribution is -0.127. The van der Waals surface area contributed by atoms with E-state index >= 15 is 0 Å². The number of pyridine rings is 1. The van der Waals surface area contributed by atoms with Gasteiger partial charge in [-0.2, -0.15) is 0 Å². The van der Waals surface area contributed by atoms with Gasteiger partial charge in [0, 0.05) is 19.3 Å². The lowest BCUT2D eigenvalue weighted by atomic mass is 9.96. The molecule has 0 saturated carbocycles. The van der Waals surface area contributed by atoms with Crippen LogP contribution in [0.4, 0.5) is 0 Å². The van der Waals surface area contributed by atoms with Crippen molar-refractivity contribution in [1.29, 1.82) is 0 Å². The summed E-state index contributed by atoms with van der Waals surface area (Å²) < 4.78 is 0. The van der Waals surface area contributed by atoms with Crippen LogP contribution in [0.15, 0.2) is 54.7 Å². The molecule has 2 heterocycles. The second-order valence-corrected chi connectivity index (χ2v) is 6.54. The molecule has 1 aromatic carbocycles. The first kappa shape index (κ1) is 16.7. The molecule has 0 bridgehead atoms. The highest BCUT2D eigenvalue weighted by Crippen LogP contribution is 2.20. The molecule has 2 unspecified atom stereocenters. The molecule has 126 valence electrons. The number of benzene rings is 1. The zero-order valence-electron chi connectivity index (χ0n) is 14.2. The summed E-state index contributed by atoms with van der Waals surface area (Å²) in [4.78, 5) is 19.3. The van der Waals surface area contributed by atoms with Crippen LogP contribution < -0.4 is 5.32 Å². The SMILES string of the molecule is CC(NC(=O)C1CCCN(Cc2ccccc2)C1)c1ccccn1. The van der Waals surface area contributed by atoms with Crippen molar-refractivity contribution >= 4 is 5.91 Å². The Kier molecular flexibility index (Phi) is 5.59. The van der Waals surface area contributed by atoms with Gasteiger partial charge in [0.25, 0.3) is 0 Å². The molecule has 0 radical (unpaired) electrons. The molecule has 3 rings (SSSR count). The van der Waals surface area contributed by atoms with Crippen LogP contribution in [-0.2, 0) is 11.3 Å². The van der Waals surface area contributed by atoms with Crippen molar-refractivity contribution in [3.63, 3.8) is 0 Å². The molecular formula is C20H25N3O. The van der Waals surface area contributed by atoms with Crippen LogP contribution in [-0.4, -0.2) is 28.9 Å². The molecule has 0 aliphatic carbocycles. The Bertz CT molecular complexity index is 644. The highest BCUT2D eigenvalue weighted by Gasteiger charge is 2.26. The largest absolute Gasteiger partial charge is 0.348 e. The number of hydrogen-bond donors (Lipinski definition) is 1. The Labute approximate surface area is 143 Å². The van der Waals surface area contributed by atoms with Gasteiger partial charge in [0.1, 0.15) is 0 Å². The van der Waals surface area contributed by atoms with Gasteiger partial charge in [0.2, 0.25) is 5.91 Å². The molecule has 1 aliphatic heterocycles. The number of rotatable bonds is 5. The fourth-order valence-electron chi connectivity index (χ4n) is 3.29. The van der Waals surface area contributed by atoms with E-state index < -0.39 is 0 Å². The minimum atomic E-state index is -0.0526. The predicted octanol–water partition coefficient (Wildman–Crippen LogP) is 3.17. The highest BCUT2D eigenvalue weighted by atomic mass is 16.2. The van der Waals surface area contributed by atoms with E-state index in [0.717, 1.165) is 38.2 Å². The second kappa shape index (κ2) is 8.06. The topological polar surface area (TPSA) is 45.2 Å². The first-order chi connectivity index (χ1) is 11.7. The molecule has 1 amide bonds. The van der Waals surface area contributed by atoms with E-state index in [1.54, 1.807) is 6.20 Å². The van der Waals surface area contributed by atoms with Gasteiger partial charge < -0.3 is 5.32 Å². The van der Waals surface area contributed by atoms with Crippen molar-refractivity contribution in [3.8, 4) is 0 Å². The van der Waals surface area contributed by atoms with Gasteiger partial charge in [0.15, 0.2) is 0 Å². The lowest BCUT2D eigenvalue weighted by Crippen LogP contribution is -2.43. The maximum Gasteiger partial charge on any atom is 0.224 e. The third-order valence-corrected chi connectivity index (χ3v) is 4.62. The van der Waals surface area contributed by atoms with E-state index in [4.69, 9.17) is 0 Å². The monoisotopic (exact) mass is 323 g/mol. The van der Waals surface area contributed by atoms with Crippen molar-refractivity contribution in [2.24, 2.45) is 5.92 Å². The average Bonchev–Trinajstić information content (AvgIpc) is 2.63. The number of amides is 1. The Morgan fingerprint density at radius 3 is 2.79 bits per heavy atom. The molecule has 1 N–H and O–H groups in total. The van der Waals surface area contributed by atoms with Gasteiger partial charge >= 0.3 is 0 Å². The second-order valence-electron chi connectivity index (χ2n) is 6.54. The summed E-state index contributed by atoms with van der Waals surface area (Å²) >= 11 is 0. The summed E-state index contributed by atoms with van der Waals surface area (Å²) in [5.74, 6) is 0.208. The molecule has 4 heteroatoms. The maximum atomic E-state index is 12.6. The van der Waals surface area contributed by atoms with Gasteiger partial charge in [-0.25, -0.2) is 0 Å². The number of carbonyl (C=O) groups is 1. The predicted molar refractivity (Wildman–Crippen MR) is 95.2 cm³/mol. The number of hydrogen-bond acceptors (Lipinski definition) is 3.